The Balaban J connectivity index is -0.00000310. The van der Waals surface area contributed by atoms with Crippen LogP contribution < -0.4 is 68.9 Å². The summed E-state index contributed by atoms with van der Waals surface area (Å²) in [6.07, 6.45) is 8.30. The van der Waals surface area contributed by atoms with Crippen molar-refractivity contribution >= 4 is 104 Å². The number of nitrogens with zero attached hydrogens (tertiary/aromatic N) is 4. The smallest absolute Gasteiger partial charge is 0.792 e. The molecule has 5 atom stereocenters. The summed E-state index contributed by atoms with van der Waals surface area (Å²) in [5.74, 6) is 0.342. The average Bonchev–Trinajstić information content (AvgIpc) is 3.40. The number of methoxy groups -OCH3 is 2. The van der Waals surface area contributed by atoms with Gasteiger partial charge in [-0.15, -0.1) is 11.4 Å². The second-order valence-corrected chi connectivity index (χ2v) is 21.5. The van der Waals surface area contributed by atoms with E-state index in [1.165, 1.54) is 11.4 Å². The maximum atomic E-state index is 12.5. The van der Waals surface area contributed by atoms with Crippen LogP contribution in [0.25, 0.3) is 0 Å². The molecule has 1 heterocycles. The SMILES string of the molecule is COCCOC(=O)CCN(CCCN1CCN(CCCN(CCC(=O)OCCOC(=O)C(C)C[S-])CCC(=O)OCCOC(=O)C(C)CSP)CC1)CCC(=O)OCCOC.CSCC(C)C=O.CSCC(C)C=O.[Cs+]. The van der Waals surface area contributed by atoms with Crippen LogP contribution in [0.2, 0.25) is 0 Å². The molecule has 0 amide bonds. The molecule has 0 aromatic carbocycles. The molecule has 1 saturated heterocycles. The summed E-state index contributed by atoms with van der Waals surface area (Å²) in [6, 6.07) is 0. The van der Waals surface area contributed by atoms with E-state index in [1.54, 1.807) is 51.6 Å². The van der Waals surface area contributed by atoms with Crippen molar-refractivity contribution in [3.8, 4) is 0 Å². The van der Waals surface area contributed by atoms with E-state index in [0.717, 1.165) is 82.7 Å². The van der Waals surface area contributed by atoms with Gasteiger partial charge in [0.05, 0.1) is 44.8 Å². The van der Waals surface area contributed by atoms with E-state index in [-0.39, 0.29) is 176 Å². The molecule has 1 rings (SSSR count). The Morgan fingerprint density at radius 1 is 0.526 bits per heavy atom. The van der Waals surface area contributed by atoms with E-state index in [2.05, 4.69) is 23.1 Å². The Bertz CT molecular complexity index is 1480. The molecule has 0 aliphatic carbocycles. The minimum absolute atomic E-state index is 0. The van der Waals surface area contributed by atoms with E-state index in [1.807, 2.05) is 31.3 Å². The van der Waals surface area contributed by atoms with Crippen molar-refractivity contribution in [1.29, 1.82) is 0 Å². The fourth-order valence-corrected chi connectivity index (χ4v) is 9.11. The molecule has 26 heteroatoms. The van der Waals surface area contributed by atoms with Gasteiger partial charge < -0.3 is 79.7 Å². The number of carbonyl (C=O) groups excluding carboxylic acids is 8. The van der Waals surface area contributed by atoms with Crippen molar-refractivity contribution in [2.75, 3.05) is 181 Å². The van der Waals surface area contributed by atoms with Crippen LogP contribution >= 0.6 is 43.3 Å². The molecular formula is C50H92CsN4O16PS4. The molecule has 438 valence electrons. The molecule has 0 saturated carbocycles. The molecule has 0 aromatic heterocycles. The van der Waals surface area contributed by atoms with Gasteiger partial charge in [-0.1, -0.05) is 36.1 Å². The number of hydrogen-bond donors (Lipinski definition) is 0. The predicted molar refractivity (Wildman–Crippen MR) is 303 cm³/mol. The zero-order valence-electron chi connectivity index (χ0n) is 47.2. The Morgan fingerprint density at radius 3 is 1.12 bits per heavy atom. The topological polar surface area (TPSA) is 223 Å². The summed E-state index contributed by atoms with van der Waals surface area (Å²) in [6.45, 7) is 16.7. The zero-order valence-corrected chi connectivity index (χ0v) is 57.9. The Morgan fingerprint density at radius 2 is 0.842 bits per heavy atom. The van der Waals surface area contributed by atoms with Crippen LogP contribution in [0.5, 0.6) is 0 Å². The molecule has 0 bridgehead atoms. The standard InChI is InChI=1S/C40H73N4O14PS2.2C5H10OS.Cs/c1-33(31-60)39(49)57-29-27-55-37(47)9-17-42(18-10-38(48)56-28-30-58-40(50)34(2)32-61-59)12-6-14-44-21-19-43(20-22-44)13-5-11-41(15-7-35(45)53-25-23-51-3)16-8-36(46)54-26-24-52-4;2*1-5(3-6)4-7-2;/h33-34,60H,5-32,59H2,1-4H3;2*3,5H,4H2,1-2H3;/q;;;+1/p-1. The predicted octanol–water partition coefficient (Wildman–Crippen LogP) is 0.816. The van der Waals surface area contributed by atoms with Crippen molar-refractivity contribution in [2.24, 2.45) is 23.7 Å². The van der Waals surface area contributed by atoms with Gasteiger partial charge in [-0.2, -0.15) is 29.3 Å². The number of piperazine rings is 1. The Labute approximate surface area is 534 Å². The maximum Gasteiger partial charge on any atom is 1.00 e. The van der Waals surface area contributed by atoms with Crippen molar-refractivity contribution in [1.82, 2.24) is 19.6 Å². The molecule has 0 spiro atoms. The minimum atomic E-state index is -0.434. The second-order valence-electron chi connectivity index (χ2n) is 17.7. The number of carbonyl (C=O) groups is 8. The second kappa shape index (κ2) is 56.7. The van der Waals surface area contributed by atoms with E-state index in [4.69, 9.17) is 50.5 Å². The fourth-order valence-electron chi connectivity index (χ4n) is 6.47. The van der Waals surface area contributed by atoms with Crippen LogP contribution in [-0.4, -0.2) is 249 Å². The minimum Gasteiger partial charge on any atom is -0.792 e. The third-order valence-corrected chi connectivity index (χ3v) is 14.4. The van der Waals surface area contributed by atoms with Gasteiger partial charge >= 0.3 is 105 Å². The average molecular weight is 1300 g/mol. The van der Waals surface area contributed by atoms with Crippen LogP contribution in [0, 0.1) is 23.7 Å². The number of esters is 6. The molecular weight excluding hydrogens is 1200 g/mol. The Kier molecular flexibility index (Phi) is 59.7. The monoisotopic (exact) mass is 1300 g/mol. The molecule has 76 heavy (non-hydrogen) atoms. The largest absolute Gasteiger partial charge is 1.00 e. The van der Waals surface area contributed by atoms with Gasteiger partial charge in [0.2, 0.25) is 0 Å². The van der Waals surface area contributed by atoms with Gasteiger partial charge in [-0.05, 0) is 51.5 Å². The fraction of sp³-hybridized carbons (Fsp3) is 0.840. The number of hydrogen-bond acceptors (Lipinski definition) is 24. The first-order chi connectivity index (χ1) is 36.0. The summed E-state index contributed by atoms with van der Waals surface area (Å²) in [5, 5.41) is 0. The maximum absolute atomic E-state index is 12.5. The summed E-state index contributed by atoms with van der Waals surface area (Å²) in [5.41, 5.74) is 0. The van der Waals surface area contributed by atoms with Gasteiger partial charge in [0.25, 0.3) is 0 Å². The molecule has 0 N–H and O–H groups in total. The van der Waals surface area contributed by atoms with Crippen LogP contribution in [-0.2, 0) is 88.9 Å². The first-order valence-electron chi connectivity index (χ1n) is 25.6. The third-order valence-electron chi connectivity index (χ3n) is 10.9. The van der Waals surface area contributed by atoms with Crippen molar-refractivity contribution in [2.45, 2.75) is 66.2 Å². The first kappa shape index (κ1) is 80.0. The van der Waals surface area contributed by atoms with Gasteiger partial charge in [-0.3, -0.25) is 28.8 Å². The molecule has 0 aromatic rings. The number of rotatable bonds is 43. The van der Waals surface area contributed by atoms with Crippen molar-refractivity contribution < 1.29 is 145 Å². The van der Waals surface area contributed by atoms with Crippen molar-refractivity contribution in [3.05, 3.63) is 0 Å². The van der Waals surface area contributed by atoms with E-state index < -0.39 is 23.8 Å². The molecule has 0 radical (unpaired) electrons. The summed E-state index contributed by atoms with van der Waals surface area (Å²) in [7, 11) is 5.59. The quantitative estimate of drug-likeness (QED) is 0.0206. The number of ether oxygens (including phenoxy) is 8. The molecule has 1 aliphatic heterocycles. The normalized spacial score (nSPS) is 14.0. The van der Waals surface area contributed by atoms with Crippen molar-refractivity contribution in [3.63, 3.8) is 0 Å². The van der Waals surface area contributed by atoms with Crippen LogP contribution in [0.15, 0.2) is 0 Å². The first-order valence-corrected chi connectivity index (χ1v) is 31.5. The van der Waals surface area contributed by atoms with Gasteiger partial charge in [-0.25, -0.2) is 0 Å². The van der Waals surface area contributed by atoms with E-state index in [9.17, 15) is 38.4 Å². The summed E-state index contributed by atoms with van der Waals surface area (Å²) in [4.78, 5) is 102. The van der Waals surface area contributed by atoms with Crippen LogP contribution in [0.1, 0.15) is 66.2 Å². The number of aldehydes is 2. The van der Waals surface area contributed by atoms with Gasteiger partial charge in [0.1, 0.15) is 52.2 Å². The number of thioether (sulfide) groups is 2. The summed E-state index contributed by atoms with van der Waals surface area (Å²) >= 11 is 9.77. The van der Waals surface area contributed by atoms with E-state index in [0.29, 0.717) is 51.7 Å². The molecule has 5 unspecified atom stereocenters. The van der Waals surface area contributed by atoms with Gasteiger partial charge in [0, 0.05) is 102 Å². The molecule has 1 fully saturated rings. The van der Waals surface area contributed by atoms with Gasteiger partial charge in [0.15, 0.2) is 0 Å². The molecule has 20 nitrogen and oxygen atoms in total. The Hall–Kier alpha value is -0.198. The van der Waals surface area contributed by atoms with Crippen LogP contribution in [0.4, 0.5) is 0 Å². The summed E-state index contributed by atoms with van der Waals surface area (Å²) < 4.78 is 41.1. The van der Waals surface area contributed by atoms with E-state index >= 15 is 0 Å². The molecule has 1 aliphatic rings. The third kappa shape index (κ3) is 49.6. The van der Waals surface area contributed by atoms with Crippen LogP contribution in [0.3, 0.4) is 0 Å². The zero-order chi connectivity index (χ0) is 56.5.